The molecular formula is C27H38ClN3O4S. The Labute approximate surface area is 220 Å². The highest BCUT2D eigenvalue weighted by Gasteiger charge is 2.30. The maximum atomic E-state index is 13.6. The van der Waals surface area contributed by atoms with Gasteiger partial charge in [0.1, 0.15) is 12.6 Å². The quantitative estimate of drug-likeness (QED) is 0.421. The van der Waals surface area contributed by atoms with Gasteiger partial charge in [-0.25, -0.2) is 8.42 Å². The minimum Gasteiger partial charge on any atom is -0.354 e. The average Bonchev–Trinajstić information content (AvgIpc) is 2.80. The molecule has 7 nitrogen and oxygen atoms in total. The van der Waals surface area contributed by atoms with Gasteiger partial charge in [0.15, 0.2) is 0 Å². The van der Waals surface area contributed by atoms with Crippen LogP contribution in [-0.2, 0) is 31.6 Å². The van der Waals surface area contributed by atoms with E-state index in [0.717, 1.165) is 29.0 Å². The topological polar surface area (TPSA) is 86.8 Å². The predicted octanol–water partition coefficient (Wildman–Crippen LogP) is 4.74. The van der Waals surface area contributed by atoms with Gasteiger partial charge in [-0.15, -0.1) is 0 Å². The number of hydrogen-bond donors (Lipinski definition) is 1. The lowest BCUT2D eigenvalue weighted by molar-refractivity contribution is -0.139. The van der Waals surface area contributed by atoms with E-state index >= 15 is 0 Å². The molecule has 0 saturated heterocycles. The van der Waals surface area contributed by atoms with Crippen molar-refractivity contribution in [3.8, 4) is 0 Å². The normalized spacial score (nSPS) is 12.6. The summed E-state index contributed by atoms with van der Waals surface area (Å²) in [4.78, 5) is 27.8. The first-order chi connectivity index (χ1) is 16.8. The van der Waals surface area contributed by atoms with Crippen LogP contribution in [0.3, 0.4) is 0 Å². The Morgan fingerprint density at radius 2 is 1.67 bits per heavy atom. The van der Waals surface area contributed by atoms with E-state index in [2.05, 4.69) is 26.1 Å². The zero-order valence-electron chi connectivity index (χ0n) is 22.0. The maximum absolute atomic E-state index is 13.6. The Balaban J connectivity index is 2.38. The van der Waals surface area contributed by atoms with Crippen LogP contribution in [0, 0.1) is 0 Å². The number of carbonyl (C=O) groups excluding carboxylic acids is 2. The van der Waals surface area contributed by atoms with E-state index in [0.29, 0.717) is 22.8 Å². The number of carbonyl (C=O) groups is 2. The molecule has 0 saturated carbocycles. The first-order valence-corrected chi connectivity index (χ1v) is 14.4. The van der Waals surface area contributed by atoms with Crippen LogP contribution in [0.25, 0.3) is 0 Å². The molecule has 36 heavy (non-hydrogen) atoms. The molecular weight excluding hydrogens is 498 g/mol. The Morgan fingerprint density at radius 1 is 1.06 bits per heavy atom. The smallest absolute Gasteiger partial charge is 0.244 e. The van der Waals surface area contributed by atoms with Crippen LogP contribution < -0.4 is 9.62 Å². The molecule has 1 N–H and O–H groups in total. The third-order valence-electron chi connectivity index (χ3n) is 6.00. The number of nitrogens with zero attached hydrogens (tertiary/aromatic N) is 2. The van der Waals surface area contributed by atoms with Crippen LogP contribution in [0.2, 0.25) is 5.02 Å². The van der Waals surface area contributed by atoms with Gasteiger partial charge in [-0.3, -0.25) is 13.9 Å². The van der Waals surface area contributed by atoms with Crippen molar-refractivity contribution in [2.45, 2.75) is 65.5 Å². The molecule has 2 aromatic carbocycles. The van der Waals surface area contributed by atoms with Gasteiger partial charge in [0.25, 0.3) is 0 Å². The summed E-state index contributed by atoms with van der Waals surface area (Å²) in [6, 6.07) is 13.4. The lowest BCUT2D eigenvalue weighted by Crippen LogP contribution is -2.51. The zero-order chi connectivity index (χ0) is 27.1. The lowest BCUT2D eigenvalue weighted by Gasteiger charge is -2.32. The monoisotopic (exact) mass is 535 g/mol. The summed E-state index contributed by atoms with van der Waals surface area (Å²) in [6.07, 6.45) is 2.81. The Morgan fingerprint density at radius 3 is 2.19 bits per heavy atom. The predicted molar refractivity (Wildman–Crippen MR) is 147 cm³/mol. The molecule has 0 fully saturated rings. The van der Waals surface area contributed by atoms with Gasteiger partial charge in [-0.1, -0.05) is 76.0 Å². The second kappa shape index (κ2) is 12.6. The van der Waals surface area contributed by atoms with Crippen LogP contribution in [0.15, 0.2) is 48.5 Å². The molecule has 2 amide bonds. The molecule has 198 valence electrons. The van der Waals surface area contributed by atoms with Crippen molar-refractivity contribution >= 4 is 39.1 Å². The van der Waals surface area contributed by atoms with Crippen molar-refractivity contribution in [2.75, 3.05) is 23.7 Å². The second-order valence-corrected chi connectivity index (χ2v) is 12.3. The van der Waals surface area contributed by atoms with Crippen LogP contribution in [0.4, 0.5) is 5.69 Å². The van der Waals surface area contributed by atoms with Crippen molar-refractivity contribution in [3.63, 3.8) is 0 Å². The SMILES string of the molecule is CCCCNC(=O)C(C)N(Cc1ccccc1Cl)C(=O)CN(c1ccc(C(C)(C)C)cc1)S(C)(=O)=O. The summed E-state index contributed by atoms with van der Waals surface area (Å²) in [5.41, 5.74) is 2.00. The van der Waals surface area contributed by atoms with Crippen LogP contribution in [-0.4, -0.2) is 50.5 Å². The van der Waals surface area contributed by atoms with Crippen molar-refractivity contribution in [1.82, 2.24) is 10.2 Å². The second-order valence-electron chi connectivity index (χ2n) is 10.0. The first-order valence-electron chi connectivity index (χ1n) is 12.1. The molecule has 9 heteroatoms. The van der Waals surface area contributed by atoms with E-state index < -0.39 is 28.5 Å². The molecule has 0 radical (unpaired) electrons. The van der Waals surface area contributed by atoms with Gasteiger partial charge in [0.05, 0.1) is 11.9 Å². The molecule has 0 bridgehead atoms. The number of unbranched alkanes of at least 4 members (excludes halogenated alkanes) is 1. The summed E-state index contributed by atoms with van der Waals surface area (Å²) in [7, 11) is -3.78. The van der Waals surface area contributed by atoms with Gasteiger partial charge < -0.3 is 10.2 Å². The molecule has 0 aliphatic carbocycles. The molecule has 0 aliphatic heterocycles. The molecule has 0 aliphatic rings. The van der Waals surface area contributed by atoms with E-state index in [1.807, 2.05) is 19.1 Å². The fourth-order valence-electron chi connectivity index (χ4n) is 3.67. The number of hydrogen-bond acceptors (Lipinski definition) is 4. The van der Waals surface area contributed by atoms with Gasteiger partial charge in [-0.2, -0.15) is 0 Å². The highest BCUT2D eigenvalue weighted by atomic mass is 35.5. The Kier molecular flexibility index (Phi) is 10.4. The van der Waals surface area contributed by atoms with Gasteiger partial charge in [0, 0.05) is 18.1 Å². The third kappa shape index (κ3) is 8.23. The Bertz CT molecular complexity index is 1140. The number of anilines is 1. The molecule has 2 rings (SSSR count). The summed E-state index contributed by atoms with van der Waals surface area (Å²) in [5.74, 6) is -0.803. The standard InChI is InChI=1S/C27H38ClN3O4S/c1-7-8-17-29-26(33)20(2)30(18-21-11-9-10-12-24(21)28)25(32)19-31(36(6,34)35)23-15-13-22(14-16-23)27(3,4)5/h9-16,20H,7-8,17-19H2,1-6H3,(H,29,33). The number of amides is 2. The molecule has 2 aromatic rings. The summed E-state index contributed by atoms with van der Waals surface area (Å²) < 4.78 is 26.5. The zero-order valence-corrected chi connectivity index (χ0v) is 23.6. The fourth-order valence-corrected chi connectivity index (χ4v) is 4.72. The summed E-state index contributed by atoms with van der Waals surface area (Å²) in [5, 5.41) is 3.32. The largest absolute Gasteiger partial charge is 0.354 e. The van der Waals surface area contributed by atoms with E-state index in [1.54, 1.807) is 43.3 Å². The van der Waals surface area contributed by atoms with Gasteiger partial charge in [-0.05, 0) is 48.1 Å². The number of sulfonamides is 1. The van der Waals surface area contributed by atoms with Crippen LogP contribution >= 0.6 is 11.6 Å². The van der Waals surface area contributed by atoms with Crippen molar-refractivity contribution in [1.29, 1.82) is 0 Å². The molecule has 0 heterocycles. The number of nitrogens with one attached hydrogen (secondary N) is 1. The molecule has 0 spiro atoms. The van der Waals surface area contributed by atoms with E-state index in [4.69, 9.17) is 11.6 Å². The maximum Gasteiger partial charge on any atom is 0.244 e. The molecule has 1 unspecified atom stereocenters. The highest BCUT2D eigenvalue weighted by molar-refractivity contribution is 7.92. The lowest BCUT2D eigenvalue weighted by atomic mass is 9.87. The fraction of sp³-hybridized carbons (Fsp3) is 0.481. The van der Waals surface area contributed by atoms with Crippen molar-refractivity contribution < 1.29 is 18.0 Å². The minimum absolute atomic E-state index is 0.0709. The highest BCUT2D eigenvalue weighted by Crippen LogP contribution is 2.26. The first kappa shape index (κ1) is 29.6. The number of halogens is 1. The van der Waals surface area contributed by atoms with Gasteiger partial charge in [0.2, 0.25) is 21.8 Å². The van der Waals surface area contributed by atoms with Crippen LogP contribution in [0.1, 0.15) is 58.6 Å². The molecule has 1 atom stereocenters. The summed E-state index contributed by atoms with van der Waals surface area (Å²) in [6.45, 7) is 10.0. The van der Waals surface area contributed by atoms with E-state index in [1.165, 1.54) is 4.90 Å². The number of benzene rings is 2. The number of rotatable bonds is 11. The van der Waals surface area contributed by atoms with Crippen molar-refractivity contribution in [2.24, 2.45) is 0 Å². The van der Waals surface area contributed by atoms with E-state index in [9.17, 15) is 18.0 Å². The van der Waals surface area contributed by atoms with Crippen LogP contribution in [0.5, 0.6) is 0 Å². The van der Waals surface area contributed by atoms with Gasteiger partial charge >= 0.3 is 0 Å². The third-order valence-corrected chi connectivity index (χ3v) is 7.51. The van der Waals surface area contributed by atoms with E-state index in [-0.39, 0.29) is 17.9 Å². The minimum atomic E-state index is -3.78. The Hall–Kier alpha value is -2.58. The summed E-state index contributed by atoms with van der Waals surface area (Å²) >= 11 is 6.34. The van der Waals surface area contributed by atoms with Crippen molar-refractivity contribution in [3.05, 3.63) is 64.7 Å². The molecule has 0 aromatic heterocycles. The average molecular weight is 536 g/mol.